The molecule has 2 N–H and O–H groups in total. The zero-order valence-electron chi connectivity index (χ0n) is 20.0. The first-order valence-electron chi connectivity index (χ1n) is 11.2. The highest BCUT2D eigenvalue weighted by molar-refractivity contribution is 5.90. The van der Waals surface area contributed by atoms with Crippen molar-refractivity contribution >= 4 is 29.2 Å². The van der Waals surface area contributed by atoms with Gasteiger partial charge in [-0.15, -0.1) is 0 Å². The number of nitrogens with zero attached hydrogens (tertiary/aromatic N) is 4. The SMILES string of the molecule is COc1cc(NC(=O)N2CCN(c3nc(C)cc(Nc4ccc(C)cc4)n3)CC2)cc(OC)c1. The van der Waals surface area contributed by atoms with Crippen LogP contribution in [-0.2, 0) is 0 Å². The molecule has 0 unspecified atom stereocenters. The number of carbonyl (C=O) groups excluding carboxylic acids is 1. The summed E-state index contributed by atoms with van der Waals surface area (Å²) in [5.41, 5.74) is 3.69. The van der Waals surface area contributed by atoms with Gasteiger partial charge in [-0.1, -0.05) is 17.7 Å². The highest BCUT2D eigenvalue weighted by Crippen LogP contribution is 2.26. The molecule has 9 nitrogen and oxygen atoms in total. The lowest BCUT2D eigenvalue weighted by molar-refractivity contribution is 0.208. The van der Waals surface area contributed by atoms with E-state index < -0.39 is 0 Å². The molecule has 0 bridgehead atoms. The maximum atomic E-state index is 12.8. The van der Waals surface area contributed by atoms with E-state index in [1.165, 1.54) is 5.56 Å². The Morgan fingerprint density at radius 1 is 0.853 bits per heavy atom. The number of rotatable bonds is 6. The van der Waals surface area contributed by atoms with E-state index in [1.54, 1.807) is 37.3 Å². The number of ether oxygens (including phenoxy) is 2. The van der Waals surface area contributed by atoms with E-state index in [4.69, 9.17) is 14.5 Å². The number of methoxy groups -OCH3 is 2. The van der Waals surface area contributed by atoms with Crippen LogP contribution < -0.4 is 25.0 Å². The molecule has 0 saturated carbocycles. The van der Waals surface area contributed by atoms with Gasteiger partial charge in [0.25, 0.3) is 0 Å². The van der Waals surface area contributed by atoms with Gasteiger partial charge in [0, 0.05) is 67.5 Å². The zero-order chi connectivity index (χ0) is 24.1. The van der Waals surface area contributed by atoms with Gasteiger partial charge >= 0.3 is 6.03 Å². The quantitative estimate of drug-likeness (QED) is 0.567. The van der Waals surface area contributed by atoms with Gasteiger partial charge in [-0.2, -0.15) is 4.98 Å². The van der Waals surface area contributed by atoms with Gasteiger partial charge in [-0.3, -0.25) is 0 Å². The molecule has 1 saturated heterocycles. The van der Waals surface area contributed by atoms with Crippen LogP contribution in [0.3, 0.4) is 0 Å². The van der Waals surface area contributed by atoms with Crippen molar-refractivity contribution in [2.45, 2.75) is 13.8 Å². The number of carbonyl (C=O) groups is 1. The summed E-state index contributed by atoms with van der Waals surface area (Å²) >= 11 is 0. The number of nitrogens with one attached hydrogen (secondary N) is 2. The monoisotopic (exact) mass is 462 g/mol. The molecule has 34 heavy (non-hydrogen) atoms. The summed E-state index contributed by atoms with van der Waals surface area (Å²) in [5.74, 6) is 2.64. The largest absolute Gasteiger partial charge is 0.497 e. The Labute approximate surface area is 199 Å². The Hall–Kier alpha value is -4.01. The maximum Gasteiger partial charge on any atom is 0.321 e. The van der Waals surface area contributed by atoms with Gasteiger partial charge in [-0.25, -0.2) is 9.78 Å². The van der Waals surface area contributed by atoms with Crippen LogP contribution in [0.25, 0.3) is 0 Å². The summed E-state index contributed by atoms with van der Waals surface area (Å²) in [7, 11) is 3.16. The van der Waals surface area contributed by atoms with Crippen LogP contribution in [-0.4, -0.2) is 61.3 Å². The number of benzene rings is 2. The van der Waals surface area contributed by atoms with Crippen LogP contribution in [0, 0.1) is 13.8 Å². The molecule has 1 aliphatic rings. The number of amides is 2. The minimum atomic E-state index is -0.165. The molecule has 178 valence electrons. The third-order valence-electron chi connectivity index (χ3n) is 5.62. The smallest absolute Gasteiger partial charge is 0.321 e. The summed E-state index contributed by atoms with van der Waals surface area (Å²) in [6.45, 7) is 6.42. The molecule has 9 heteroatoms. The average Bonchev–Trinajstić information content (AvgIpc) is 2.85. The Balaban J connectivity index is 1.38. The van der Waals surface area contributed by atoms with Crippen LogP contribution in [0.2, 0.25) is 0 Å². The second kappa shape index (κ2) is 10.3. The molecule has 2 heterocycles. The van der Waals surface area contributed by atoms with Gasteiger partial charge in [-0.05, 0) is 26.0 Å². The summed E-state index contributed by atoms with van der Waals surface area (Å²) in [5, 5.41) is 6.28. The van der Waals surface area contributed by atoms with Crippen molar-refractivity contribution in [3.63, 3.8) is 0 Å². The van der Waals surface area contributed by atoms with E-state index in [0.717, 1.165) is 17.2 Å². The third kappa shape index (κ3) is 5.67. The van der Waals surface area contributed by atoms with Crippen molar-refractivity contribution < 1.29 is 14.3 Å². The van der Waals surface area contributed by atoms with Crippen LogP contribution in [0.5, 0.6) is 11.5 Å². The molecule has 0 spiro atoms. The summed E-state index contributed by atoms with van der Waals surface area (Å²) < 4.78 is 10.6. The second-order valence-electron chi connectivity index (χ2n) is 8.19. The molecule has 4 rings (SSSR count). The van der Waals surface area contributed by atoms with Crippen LogP contribution in [0.15, 0.2) is 48.5 Å². The molecule has 0 aliphatic carbocycles. The first-order valence-corrected chi connectivity index (χ1v) is 11.2. The van der Waals surface area contributed by atoms with Gasteiger partial charge in [0.05, 0.1) is 14.2 Å². The van der Waals surface area contributed by atoms with Gasteiger partial charge in [0.2, 0.25) is 5.95 Å². The molecule has 1 fully saturated rings. The number of urea groups is 1. The molecule has 3 aromatic rings. The normalized spacial score (nSPS) is 13.4. The zero-order valence-corrected chi connectivity index (χ0v) is 20.0. The van der Waals surface area contributed by atoms with Crippen molar-refractivity contribution in [2.24, 2.45) is 0 Å². The summed E-state index contributed by atoms with van der Waals surface area (Å²) in [4.78, 5) is 26.0. The Bertz CT molecular complexity index is 1120. The fourth-order valence-electron chi connectivity index (χ4n) is 3.73. The van der Waals surface area contributed by atoms with Gasteiger partial charge in [0.1, 0.15) is 17.3 Å². The van der Waals surface area contributed by atoms with E-state index in [0.29, 0.717) is 49.3 Å². The Kier molecular flexibility index (Phi) is 7.01. The summed E-state index contributed by atoms with van der Waals surface area (Å²) in [6.07, 6.45) is 0. The third-order valence-corrected chi connectivity index (χ3v) is 5.62. The molecule has 2 amide bonds. The van der Waals surface area contributed by atoms with Gasteiger partial charge < -0.3 is 29.9 Å². The first kappa shape index (κ1) is 23.2. The molecular weight excluding hydrogens is 432 g/mol. The number of hydrogen-bond donors (Lipinski definition) is 2. The van der Waals surface area contributed by atoms with E-state index >= 15 is 0 Å². The lowest BCUT2D eigenvalue weighted by Crippen LogP contribution is -2.50. The van der Waals surface area contributed by atoms with Crippen LogP contribution >= 0.6 is 0 Å². The minimum absolute atomic E-state index is 0.165. The fraction of sp³-hybridized carbons (Fsp3) is 0.320. The number of piperazine rings is 1. The van der Waals surface area contributed by atoms with E-state index in [9.17, 15) is 4.79 Å². The topological polar surface area (TPSA) is 91.9 Å². The van der Waals surface area contributed by atoms with E-state index in [2.05, 4.69) is 39.6 Å². The second-order valence-corrected chi connectivity index (χ2v) is 8.19. The number of aryl methyl sites for hydroxylation is 2. The predicted molar refractivity (Wildman–Crippen MR) is 134 cm³/mol. The lowest BCUT2D eigenvalue weighted by atomic mass is 10.2. The lowest BCUT2D eigenvalue weighted by Gasteiger charge is -2.35. The first-order chi connectivity index (χ1) is 16.4. The van der Waals surface area contributed by atoms with Crippen molar-refractivity contribution in [2.75, 3.05) is 55.9 Å². The number of hydrogen-bond acceptors (Lipinski definition) is 7. The number of anilines is 4. The minimum Gasteiger partial charge on any atom is -0.497 e. The van der Waals surface area contributed by atoms with Crippen molar-refractivity contribution in [1.29, 1.82) is 0 Å². The van der Waals surface area contributed by atoms with E-state index in [1.807, 2.05) is 25.1 Å². The highest BCUT2D eigenvalue weighted by Gasteiger charge is 2.23. The summed E-state index contributed by atoms with van der Waals surface area (Å²) in [6, 6.07) is 15.2. The van der Waals surface area contributed by atoms with Crippen molar-refractivity contribution in [3.8, 4) is 11.5 Å². The van der Waals surface area contributed by atoms with Crippen molar-refractivity contribution in [1.82, 2.24) is 14.9 Å². The Morgan fingerprint density at radius 3 is 2.12 bits per heavy atom. The van der Waals surface area contributed by atoms with Gasteiger partial charge in [0.15, 0.2) is 0 Å². The maximum absolute atomic E-state index is 12.8. The standard InChI is InChI=1S/C25H30N6O3/c1-17-5-7-19(8-6-17)27-23-13-18(2)26-24(29-23)30-9-11-31(12-10-30)25(32)28-20-14-21(33-3)16-22(15-20)34-4/h5-8,13-16H,9-12H2,1-4H3,(H,28,32)(H,26,27,29). The molecule has 0 atom stereocenters. The molecule has 1 aromatic heterocycles. The van der Waals surface area contributed by atoms with Crippen molar-refractivity contribution in [3.05, 3.63) is 59.8 Å². The van der Waals surface area contributed by atoms with Crippen LogP contribution in [0.4, 0.5) is 27.9 Å². The molecule has 1 aliphatic heterocycles. The number of aromatic nitrogens is 2. The molecule has 0 radical (unpaired) electrons. The highest BCUT2D eigenvalue weighted by atomic mass is 16.5. The molecule has 2 aromatic carbocycles. The Morgan fingerprint density at radius 2 is 1.50 bits per heavy atom. The van der Waals surface area contributed by atoms with Crippen LogP contribution in [0.1, 0.15) is 11.3 Å². The average molecular weight is 463 g/mol. The van der Waals surface area contributed by atoms with E-state index in [-0.39, 0.29) is 6.03 Å². The molecular formula is C25H30N6O3. The fourth-order valence-corrected chi connectivity index (χ4v) is 3.73. The predicted octanol–water partition coefficient (Wildman–Crippen LogP) is 4.21.